The topological polar surface area (TPSA) is 112 Å². The Kier molecular flexibility index (Phi) is 5.08. The number of carbonyl (C=O) groups excluding carboxylic acids is 3. The van der Waals surface area contributed by atoms with Crippen molar-refractivity contribution in [1.29, 1.82) is 5.26 Å². The lowest BCUT2D eigenvalue weighted by molar-refractivity contribution is -0.136. The van der Waals surface area contributed by atoms with Crippen molar-refractivity contribution < 1.29 is 19.1 Å². The molecule has 8 heteroatoms. The molecule has 108 valence electrons. The van der Waals surface area contributed by atoms with Crippen LogP contribution in [0.15, 0.2) is 11.3 Å². The van der Waals surface area contributed by atoms with E-state index >= 15 is 0 Å². The maximum Gasteiger partial charge on any atom is 0.350 e. The maximum atomic E-state index is 11.9. The first kappa shape index (κ1) is 15.5. The fourth-order valence-electron chi connectivity index (χ4n) is 2.00. The molecule has 0 bridgehead atoms. The molecule has 2 amide bonds. The fraction of sp³-hybridized carbons (Fsp3) is 0.500. The highest BCUT2D eigenvalue weighted by atomic mass is 16.5. The molecule has 0 spiro atoms. The van der Waals surface area contributed by atoms with E-state index in [0.29, 0.717) is 18.5 Å². The number of ether oxygens (including phenoxy) is 1. The summed E-state index contributed by atoms with van der Waals surface area (Å²) in [6.07, 6.45) is 0.853. The third-order valence-corrected chi connectivity index (χ3v) is 3.00. The molecular weight excluding hydrogens is 264 g/mol. The molecule has 20 heavy (non-hydrogen) atoms. The largest absolute Gasteiger partial charge is 0.465 e. The quantitative estimate of drug-likeness (QED) is 0.296. The number of hydrogen-bond acceptors (Lipinski definition) is 6. The lowest BCUT2D eigenvalue weighted by Gasteiger charge is -2.22. The lowest BCUT2D eigenvalue weighted by Crippen LogP contribution is -2.48. The van der Waals surface area contributed by atoms with Crippen molar-refractivity contribution in [2.45, 2.75) is 25.8 Å². The molecule has 1 fully saturated rings. The van der Waals surface area contributed by atoms with Gasteiger partial charge in [0.25, 0.3) is 5.91 Å². The van der Waals surface area contributed by atoms with Crippen LogP contribution in [0.5, 0.6) is 0 Å². The Morgan fingerprint density at radius 3 is 2.55 bits per heavy atom. The van der Waals surface area contributed by atoms with E-state index in [1.807, 2.05) is 0 Å². The van der Waals surface area contributed by atoms with Crippen molar-refractivity contribution in [1.82, 2.24) is 15.8 Å². The molecule has 1 aliphatic rings. The highest BCUT2D eigenvalue weighted by molar-refractivity contribution is 5.94. The molecule has 0 saturated carbocycles. The first-order chi connectivity index (χ1) is 9.42. The van der Waals surface area contributed by atoms with Crippen LogP contribution in [-0.2, 0) is 19.1 Å². The molecule has 8 nitrogen and oxygen atoms in total. The number of likely N-dealkylation sites (N-methyl/N-ethyl adjacent to an activating group) is 1. The van der Waals surface area contributed by atoms with Gasteiger partial charge in [0, 0.05) is 19.7 Å². The second kappa shape index (κ2) is 6.56. The molecule has 0 aromatic rings. The van der Waals surface area contributed by atoms with Gasteiger partial charge >= 0.3 is 5.97 Å². The van der Waals surface area contributed by atoms with Crippen molar-refractivity contribution in [3.05, 3.63) is 11.3 Å². The number of allylic oxidation sites excluding steroid dienone is 1. The normalized spacial score (nSPS) is 19.9. The Bertz CT molecular complexity index is 506. The monoisotopic (exact) mass is 280 g/mol. The van der Waals surface area contributed by atoms with Crippen LogP contribution in [0.2, 0.25) is 0 Å². The maximum absolute atomic E-state index is 11.9. The molecule has 1 aliphatic heterocycles. The fourth-order valence-corrected chi connectivity index (χ4v) is 2.00. The number of rotatable bonds is 2. The predicted molar refractivity (Wildman–Crippen MR) is 67.4 cm³/mol. The summed E-state index contributed by atoms with van der Waals surface area (Å²) in [5.74, 6) is -1.51. The number of hydrogen-bond donors (Lipinski definition) is 2. The number of esters is 1. The zero-order valence-electron chi connectivity index (χ0n) is 11.5. The second-order valence-electron chi connectivity index (χ2n) is 4.26. The average molecular weight is 280 g/mol. The average Bonchev–Trinajstić information content (AvgIpc) is 2.79. The van der Waals surface area contributed by atoms with E-state index < -0.39 is 17.9 Å². The highest BCUT2D eigenvalue weighted by Crippen LogP contribution is 2.28. The minimum absolute atomic E-state index is 0.107. The van der Waals surface area contributed by atoms with Crippen LogP contribution in [0.25, 0.3) is 0 Å². The lowest BCUT2D eigenvalue weighted by atomic mass is 10.1. The molecule has 0 aromatic heterocycles. The zero-order chi connectivity index (χ0) is 15.3. The van der Waals surface area contributed by atoms with Gasteiger partial charge in [0.05, 0.1) is 7.11 Å². The first-order valence-electron chi connectivity index (χ1n) is 5.93. The standard InChI is InChI=1S/C12H16N4O4/c1-7(17)14-15-11(18)10-5-4-9(16(10)2)8(6-13)12(19)20-3/h10H,4-5H2,1-3H3,(H,14,17)(H,15,18)/b9-8-. The smallest absolute Gasteiger partial charge is 0.350 e. The Labute approximate surface area is 116 Å². The summed E-state index contributed by atoms with van der Waals surface area (Å²) in [4.78, 5) is 35.6. The summed E-state index contributed by atoms with van der Waals surface area (Å²) < 4.78 is 4.54. The van der Waals surface area contributed by atoms with Crippen molar-refractivity contribution >= 4 is 17.8 Å². The number of carbonyl (C=O) groups is 3. The van der Waals surface area contributed by atoms with Gasteiger partial charge in [0.15, 0.2) is 5.57 Å². The van der Waals surface area contributed by atoms with E-state index in [9.17, 15) is 14.4 Å². The molecule has 0 aliphatic carbocycles. The highest BCUT2D eigenvalue weighted by Gasteiger charge is 2.34. The summed E-state index contributed by atoms with van der Waals surface area (Å²) in [6.45, 7) is 1.27. The van der Waals surface area contributed by atoms with Crippen molar-refractivity contribution in [2.75, 3.05) is 14.2 Å². The van der Waals surface area contributed by atoms with E-state index in [-0.39, 0.29) is 11.5 Å². The second-order valence-corrected chi connectivity index (χ2v) is 4.26. The summed E-state index contributed by atoms with van der Waals surface area (Å²) in [5.41, 5.74) is 4.82. The summed E-state index contributed by atoms with van der Waals surface area (Å²) in [6, 6.07) is 1.25. The summed E-state index contributed by atoms with van der Waals surface area (Å²) in [5, 5.41) is 9.01. The van der Waals surface area contributed by atoms with Crippen LogP contribution < -0.4 is 10.9 Å². The van der Waals surface area contributed by atoms with Gasteiger partial charge in [-0.15, -0.1) is 0 Å². The third kappa shape index (κ3) is 3.26. The zero-order valence-corrected chi connectivity index (χ0v) is 11.5. The number of amides is 2. The summed E-state index contributed by atoms with van der Waals surface area (Å²) >= 11 is 0. The molecule has 1 rings (SSSR count). The van der Waals surface area contributed by atoms with E-state index in [1.165, 1.54) is 14.0 Å². The Balaban J connectivity index is 2.87. The van der Waals surface area contributed by atoms with E-state index in [2.05, 4.69) is 15.6 Å². The van der Waals surface area contributed by atoms with Gasteiger partial charge in [0.1, 0.15) is 12.1 Å². The minimum Gasteiger partial charge on any atom is -0.465 e. The molecular formula is C12H16N4O4. The molecule has 0 aromatic carbocycles. The Morgan fingerprint density at radius 1 is 1.40 bits per heavy atom. The molecule has 1 atom stereocenters. The van der Waals surface area contributed by atoms with Crippen LogP contribution in [0.3, 0.4) is 0 Å². The van der Waals surface area contributed by atoms with Crippen LogP contribution in [0.4, 0.5) is 0 Å². The number of nitrogens with zero attached hydrogens (tertiary/aromatic N) is 2. The molecule has 1 saturated heterocycles. The van der Waals surface area contributed by atoms with E-state index in [4.69, 9.17) is 5.26 Å². The molecule has 1 unspecified atom stereocenters. The van der Waals surface area contributed by atoms with Gasteiger partial charge in [-0.25, -0.2) is 4.79 Å². The SMILES string of the molecule is COC(=O)/C(C#N)=C1/CCC(C(=O)NNC(C)=O)N1C. The molecule has 1 heterocycles. The Hall–Kier alpha value is -2.56. The van der Waals surface area contributed by atoms with Crippen LogP contribution >= 0.6 is 0 Å². The van der Waals surface area contributed by atoms with Gasteiger partial charge < -0.3 is 9.64 Å². The minimum atomic E-state index is -0.725. The number of nitrogens with one attached hydrogen (secondary N) is 2. The van der Waals surface area contributed by atoms with Gasteiger partial charge in [-0.1, -0.05) is 0 Å². The number of likely N-dealkylation sites (tertiary alicyclic amines) is 1. The van der Waals surface area contributed by atoms with Crippen molar-refractivity contribution in [3.8, 4) is 6.07 Å². The Morgan fingerprint density at radius 2 is 2.05 bits per heavy atom. The number of nitriles is 1. The predicted octanol–water partition coefficient (Wildman–Crippen LogP) is -0.801. The van der Waals surface area contributed by atoms with Gasteiger partial charge in [-0.05, 0) is 12.8 Å². The van der Waals surface area contributed by atoms with Gasteiger partial charge in [-0.3, -0.25) is 20.4 Å². The number of hydrazine groups is 1. The number of methoxy groups -OCH3 is 1. The van der Waals surface area contributed by atoms with Crippen molar-refractivity contribution in [2.24, 2.45) is 0 Å². The molecule has 2 N–H and O–H groups in total. The van der Waals surface area contributed by atoms with E-state index in [1.54, 1.807) is 18.0 Å². The van der Waals surface area contributed by atoms with E-state index in [0.717, 1.165) is 0 Å². The molecule has 0 radical (unpaired) electrons. The van der Waals surface area contributed by atoms with Gasteiger partial charge in [0.2, 0.25) is 5.91 Å². The van der Waals surface area contributed by atoms with Crippen LogP contribution in [0, 0.1) is 11.3 Å². The third-order valence-electron chi connectivity index (χ3n) is 3.00. The van der Waals surface area contributed by atoms with Crippen LogP contribution in [-0.4, -0.2) is 42.9 Å². The first-order valence-corrected chi connectivity index (χ1v) is 5.93. The van der Waals surface area contributed by atoms with Crippen molar-refractivity contribution in [3.63, 3.8) is 0 Å². The van der Waals surface area contributed by atoms with Gasteiger partial charge in [-0.2, -0.15) is 5.26 Å². The van der Waals surface area contributed by atoms with Crippen LogP contribution in [0.1, 0.15) is 19.8 Å². The summed E-state index contributed by atoms with van der Waals surface area (Å²) in [7, 11) is 2.80.